The smallest absolute Gasteiger partial charge is 0.339 e. The van der Waals surface area contributed by atoms with Gasteiger partial charge in [-0.25, -0.2) is 9.48 Å². The van der Waals surface area contributed by atoms with Gasteiger partial charge in [-0.15, -0.1) is 5.10 Å². The molecular weight excluding hydrogens is 320 g/mol. The van der Waals surface area contributed by atoms with Gasteiger partial charge in [0.15, 0.2) is 0 Å². The number of aromatic nitrogens is 6. The van der Waals surface area contributed by atoms with E-state index in [-0.39, 0.29) is 12.1 Å². The lowest BCUT2D eigenvalue weighted by atomic mass is 10.1. The predicted molar refractivity (Wildman–Crippen MR) is 90.0 cm³/mol. The van der Waals surface area contributed by atoms with Crippen LogP contribution in [0.5, 0.6) is 0 Å². The number of benzene rings is 1. The Labute approximate surface area is 142 Å². The van der Waals surface area contributed by atoms with Crippen molar-refractivity contribution in [1.29, 1.82) is 0 Å². The number of carboxylic acids is 1. The maximum absolute atomic E-state index is 11.3. The Hall–Kier alpha value is -3.55. The fraction of sp³-hybridized carbons (Fsp3) is 0.118. The molecule has 8 nitrogen and oxygen atoms in total. The molecule has 1 aromatic carbocycles. The average Bonchev–Trinajstić information content (AvgIpc) is 3.21. The molecule has 0 spiro atoms. The molecule has 124 valence electrons. The molecular formula is C17H14N6O2. The minimum absolute atomic E-state index is 0.163. The van der Waals surface area contributed by atoms with Crippen LogP contribution in [0.15, 0.2) is 48.9 Å². The highest BCUT2D eigenvalue weighted by atomic mass is 16.4. The van der Waals surface area contributed by atoms with Crippen molar-refractivity contribution in [2.75, 3.05) is 0 Å². The molecule has 0 saturated heterocycles. The summed E-state index contributed by atoms with van der Waals surface area (Å²) in [5, 5.41) is 22.7. The van der Waals surface area contributed by atoms with Gasteiger partial charge in [0.25, 0.3) is 0 Å². The number of hydrogen-bond donors (Lipinski definition) is 1. The number of hydrogen-bond acceptors (Lipinski definition) is 5. The quantitative estimate of drug-likeness (QED) is 0.612. The molecule has 0 unspecified atom stereocenters. The number of nitrogens with zero attached hydrogens (tertiary/aromatic N) is 6. The Balaban J connectivity index is 1.64. The van der Waals surface area contributed by atoms with E-state index in [1.165, 1.54) is 10.9 Å². The van der Waals surface area contributed by atoms with Crippen LogP contribution in [-0.2, 0) is 13.6 Å². The summed E-state index contributed by atoms with van der Waals surface area (Å²) in [5.74, 6) is -1.01. The van der Waals surface area contributed by atoms with Gasteiger partial charge in [-0.1, -0.05) is 17.3 Å². The number of carboxylic acid groups (broad SMARTS) is 1. The van der Waals surface area contributed by atoms with Gasteiger partial charge in [0.2, 0.25) is 0 Å². The van der Waals surface area contributed by atoms with Crippen molar-refractivity contribution in [1.82, 2.24) is 29.8 Å². The van der Waals surface area contributed by atoms with Crippen LogP contribution in [0.1, 0.15) is 16.1 Å². The summed E-state index contributed by atoms with van der Waals surface area (Å²) in [6.45, 7) is 0.241. The molecule has 0 aliphatic heterocycles. The summed E-state index contributed by atoms with van der Waals surface area (Å²) in [4.78, 5) is 15.6. The minimum atomic E-state index is -1.01. The Morgan fingerprint density at radius 2 is 2.12 bits per heavy atom. The second kappa shape index (κ2) is 5.82. The van der Waals surface area contributed by atoms with E-state index in [9.17, 15) is 9.90 Å². The highest BCUT2D eigenvalue weighted by Crippen LogP contribution is 2.21. The van der Waals surface area contributed by atoms with Crippen LogP contribution in [0.4, 0.5) is 0 Å². The average molecular weight is 334 g/mol. The van der Waals surface area contributed by atoms with E-state index in [1.807, 2.05) is 30.3 Å². The van der Waals surface area contributed by atoms with E-state index in [2.05, 4.69) is 20.4 Å². The first-order valence-corrected chi connectivity index (χ1v) is 7.61. The Morgan fingerprint density at radius 3 is 2.96 bits per heavy atom. The van der Waals surface area contributed by atoms with Gasteiger partial charge in [0.1, 0.15) is 11.3 Å². The van der Waals surface area contributed by atoms with Crippen molar-refractivity contribution in [3.63, 3.8) is 0 Å². The van der Waals surface area contributed by atoms with Crippen molar-refractivity contribution in [3.8, 4) is 11.3 Å². The standard InChI is InChI=1S/C17H14N6O2/c1-22-8-13(17(24)25)16(20-22)10-23-9-15(19-21-23)12-4-5-14-11(7-12)3-2-6-18-14/h2-9H,10H2,1H3,(H,24,25). The zero-order valence-electron chi connectivity index (χ0n) is 13.4. The van der Waals surface area contributed by atoms with Crippen molar-refractivity contribution in [3.05, 3.63) is 60.2 Å². The lowest BCUT2D eigenvalue weighted by Gasteiger charge is -2.00. The summed E-state index contributed by atoms with van der Waals surface area (Å²) in [6, 6.07) is 9.75. The highest BCUT2D eigenvalue weighted by Gasteiger charge is 2.15. The highest BCUT2D eigenvalue weighted by molar-refractivity contribution is 5.88. The van der Waals surface area contributed by atoms with Crippen LogP contribution < -0.4 is 0 Å². The van der Waals surface area contributed by atoms with Crippen molar-refractivity contribution in [2.24, 2.45) is 7.05 Å². The van der Waals surface area contributed by atoms with E-state index in [1.54, 1.807) is 24.1 Å². The molecule has 0 fully saturated rings. The maximum atomic E-state index is 11.3. The van der Waals surface area contributed by atoms with E-state index in [0.29, 0.717) is 11.4 Å². The molecule has 0 radical (unpaired) electrons. The lowest BCUT2D eigenvalue weighted by molar-refractivity contribution is 0.0695. The number of aromatic carboxylic acids is 1. The van der Waals surface area contributed by atoms with Crippen molar-refractivity contribution < 1.29 is 9.90 Å². The van der Waals surface area contributed by atoms with Crippen LogP contribution in [-0.4, -0.2) is 40.8 Å². The third-order valence-electron chi connectivity index (χ3n) is 3.88. The Kier molecular flexibility index (Phi) is 3.50. The fourth-order valence-electron chi connectivity index (χ4n) is 2.73. The van der Waals surface area contributed by atoms with Gasteiger partial charge in [0, 0.05) is 30.4 Å². The monoisotopic (exact) mass is 334 g/mol. The zero-order valence-corrected chi connectivity index (χ0v) is 13.4. The van der Waals surface area contributed by atoms with E-state index in [0.717, 1.165) is 16.5 Å². The van der Waals surface area contributed by atoms with E-state index < -0.39 is 5.97 Å². The summed E-state index contributed by atoms with van der Waals surface area (Å²) in [6.07, 6.45) is 5.01. The van der Waals surface area contributed by atoms with Crippen molar-refractivity contribution >= 4 is 16.9 Å². The number of fused-ring (bicyclic) bond motifs is 1. The second-order valence-electron chi connectivity index (χ2n) is 5.68. The van der Waals surface area contributed by atoms with Crippen LogP contribution in [0.2, 0.25) is 0 Å². The second-order valence-corrected chi connectivity index (χ2v) is 5.68. The van der Waals surface area contributed by atoms with Crippen LogP contribution >= 0.6 is 0 Å². The van der Waals surface area contributed by atoms with Gasteiger partial charge in [-0.3, -0.25) is 9.67 Å². The number of aryl methyl sites for hydroxylation is 1. The van der Waals surface area contributed by atoms with Crippen LogP contribution in [0.3, 0.4) is 0 Å². The van der Waals surface area contributed by atoms with Crippen molar-refractivity contribution in [2.45, 2.75) is 6.54 Å². The molecule has 25 heavy (non-hydrogen) atoms. The number of pyridine rings is 1. The van der Waals surface area contributed by atoms with E-state index in [4.69, 9.17) is 0 Å². The summed E-state index contributed by atoms with van der Waals surface area (Å²) < 4.78 is 3.06. The largest absolute Gasteiger partial charge is 0.478 e. The number of carbonyl (C=O) groups is 1. The summed E-state index contributed by atoms with van der Waals surface area (Å²) in [5.41, 5.74) is 3.15. The Morgan fingerprint density at radius 1 is 1.24 bits per heavy atom. The van der Waals surface area contributed by atoms with Gasteiger partial charge in [-0.05, 0) is 18.2 Å². The Bertz CT molecular complexity index is 1080. The maximum Gasteiger partial charge on any atom is 0.339 e. The molecule has 0 bridgehead atoms. The predicted octanol–water partition coefficient (Wildman–Crippen LogP) is 1.97. The minimum Gasteiger partial charge on any atom is -0.478 e. The third kappa shape index (κ3) is 2.85. The van der Waals surface area contributed by atoms with E-state index >= 15 is 0 Å². The molecule has 0 saturated carbocycles. The molecule has 0 atom stereocenters. The topological polar surface area (TPSA) is 98.7 Å². The SMILES string of the molecule is Cn1cc(C(=O)O)c(Cn2cc(-c3ccc4ncccc4c3)nn2)n1. The molecule has 0 amide bonds. The molecule has 3 heterocycles. The lowest BCUT2D eigenvalue weighted by Crippen LogP contribution is -2.06. The third-order valence-corrected chi connectivity index (χ3v) is 3.88. The van der Waals surface area contributed by atoms with Crippen LogP contribution in [0, 0.1) is 0 Å². The molecule has 4 aromatic rings. The molecule has 4 rings (SSSR count). The summed E-state index contributed by atoms with van der Waals surface area (Å²) >= 11 is 0. The normalized spacial score (nSPS) is 11.1. The molecule has 3 aromatic heterocycles. The first kappa shape index (κ1) is 15.0. The van der Waals surface area contributed by atoms with Gasteiger partial charge >= 0.3 is 5.97 Å². The first-order valence-electron chi connectivity index (χ1n) is 7.61. The van der Waals surface area contributed by atoms with Gasteiger partial charge in [0.05, 0.1) is 24.0 Å². The molecule has 0 aliphatic rings. The zero-order chi connectivity index (χ0) is 17.4. The van der Waals surface area contributed by atoms with Gasteiger partial charge in [-0.2, -0.15) is 5.10 Å². The fourth-order valence-corrected chi connectivity index (χ4v) is 2.73. The number of rotatable bonds is 4. The molecule has 1 N–H and O–H groups in total. The molecule has 0 aliphatic carbocycles. The van der Waals surface area contributed by atoms with Gasteiger partial charge < -0.3 is 5.11 Å². The summed E-state index contributed by atoms with van der Waals surface area (Å²) in [7, 11) is 1.69. The first-order chi connectivity index (χ1) is 12.1. The molecule has 8 heteroatoms. The van der Waals surface area contributed by atoms with Crippen LogP contribution in [0.25, 0.3) is 22.2 Å².